The Morgan fingerprint density at radius 2 is 1.87 bits per heavy atom. The number of piperidine rings is 1. The van der Waals surface area contributed by atoms with Crippen LogP contribution in [0.1, 0.15) is 36.1 Å². The highest BCUT2D eigenvalue weighted by atomic mass is 16.5. The summed E-state index contributed by atoms with van der Waals surface area (Å²) in [6.45, 7) is 3.37. The van der Waals surface area contributed by atoms with Gasteiger partial charge in [0.15, 0.2) is 0 Å². The van der Waals surface area contributed by atoms with Gasteiger partial charge in [0.2, 0.25) is 0 Å². The van der Waals surface area contributed by atoms with Crippen LogP contribution in [-0.2, 0) is 18.4 Å². The van der Waals surface area contributed by atoms with Crippen LogP contribution in [-0.4, -0.2) is 30.1 Å². The quantitative estimate of drug-likeness (QED) is 0.867. The van der Waals surface area contributed by atoms with E-state index in [-0.39, 0.29) is 0 Å². The van der Waals surface area contributed by atoms with Crippen LogP contribution in [0.4, 0.5) is 0 Å². The molecular formula is C20H24N2O. The van der Waals surface area contributed by atoms with Crippen LogP contribution in [0.25, 0.3) is 0 Å². The molecule has 1 fully saturated rings. The molecular weight excluding hydrogens is 284 g/mol. The smallest absolute Gasteiger partial charge is 0.118 e. The van der Waals surface area contributed by atoms with Gasteiger partial charge in [0.1, 0.15) is 5.75 Å². The van der Waals surface area contributed by atoms with Crippen molar-refractivity contribution in [2.24, 2.45) is 0 Å². The molecule has 2 heterocycles. The molecule has 2 aromatic rings. The minimum absolute atomic E-state index is 0.354. The van der Waals surface area contributed by atoms with E-state index >= 15 is 0 Å². The number of pyridine rings is 1. The van der Waals surface area contributed by atoms with Crippen LogP contribution in [0, 0.1) is 0 Å². The third-order valence-corrected chi connectivity index (χ3v) is 5.64. The summed E-state index contributed by atoms with van der Waals surface area (Å²) in [7, 11) is 1.71. The van der Waals surface area contributed by atoms with Crippen molar-refractivity contribution in [1.29, 1.82) is 0 Å². The van der Waals surface area contributed by atoms with Gasteiger partial charge in [-0.05, 0) is 68.1 Å². The number of hydrogen-bond donors (Lipinski definition) is 0. The van der Waals surface area contributed by atoms with E-state index < -0.39 is 0 Å². The lowest BCUT2D eigenvalue weighted by Gasteiger charge is -2.39. The van der Waals surface area contributed by atoms with Crippen LogP contribution in [0.2, 0.25) is 0 Å². The van der Waals surface area contributed by atoms with Crippen LogP contribution < -0.4 is 4.74 Å². The number of aromatic nitrogens is 1. The average molecular weight is 308 g/mol. The summed E-state index contributed by atoms with van der Waals surface area (Å²) in [6.07, 6.45) is 6.95. The summed E-state index contributed by atoms with van der Waals surface area (Å²) in [4.78, 5) is 7.31. The molecule has 3 heteroatoms. The zero-order valence-electron chi connectivity index (χ0n) is 13.8. The van der Waals surface area contributed by atoms with Crippen molar-refractivity contribution >= 4 is 0 Å². The second kappa shape index (κ2) is 5.97. The fourth-order valence-electron chi connectivity index (χ4n) is 4.23. The van der Waals surface area contributed by atoms with Gasteiger partial charge in [0, 0.05) is 23.9 Å². The SMILES string of the molecule is COc1ccc(CN2CCC3(CCc4cccnc43)CC2)cc1. The summed E-state index contributed by atoms with van der Waals surface area (Å²) in [5.41, 5.74) is 4.60. The standard InChI is InChI=1S/C20H24N2O/c1-23-18-6-4-16(5-7-18)15-22-13-10-20(11-14-22)9-8-17-3-2-12-21-19(17)20/h2-7,12H,8-11,13-15H2,1H3. The van der Waals surface area contributed by atoms with Gasteiger partial charge in [-0.2, -0.15) is 0 Å². The van der Waals surface area contributed by atoms with Crippen molar-refractivity contribution in [3.8, 4) is 5.75 Å². The number of rotatable bonds is 3. The molecule has 0 N–H and O–H groups in total. The number of likely N-dealkylation sites (tertiary alicyclic amines) is 1. The highest BCUT2D eigenvalue weighted by molar-refractivity contribution is 5.34. The minimum atomic E-state index is 0.354. The van der Waals surface area contributed by atoms with E-state index in [1.807, 2.05) is 6.20 Å². The molecule has 1 spiro atoms. The third kappa shape index (κ3) is 2.74. The maximum absolute atomic E-state index is 5.24. The predicted octanol–water partition coefficient (Wildman–Crippen LogP) is 3.57. The second-order valence-corrected chi connectivity index (χ2v) is 6.92. The van der Waals surface area contributed by atoms with E-state index in [1.54, 1.807) is 7.11 Å². The molecule has 1 aromatic heterocycles. The Morgan fingerprint density at radius 3 is 2.61 bits per heavy atom. The third-order valence-electron chi connectivity index (χ3n) is 5.64. The van der Waals surface area contributed by atoms with Crippen molar-refractivity contribution < 1.29 is 4.74 Å². The van der Waals surface area contributed by atoms with Gasteiger partial charge in [0.05, 0.1) is 7.11 Å². The van der Waals surface area contributed by atoms with Gasteiger partial charge in [0.25, 0.3) is 0 Å². The zero-order valence-corrected chi connectivity index (χ0v) is 13.8. The van der Waals surface area contributed by atoms with E-state index in [9.17, 15) is 0 Å². The van der Waals surface area contributed by atoms with Crippen LogP contribution in [0.5, 0.6) is 5.75 Å². The Labute approximate surface area is 138 Å². The van der Waals surface area contributed by atoms with E-state index in [0.717, 1.165) is 12.3 Å². The molecule has 1 aromatic carbocycles. The number of benzene rings is 1. The van der Waals surface area contributed by atoms with Crippen molar-refractivity contribution in [3.05, 3.63) is 59.4 Å². The van der Waals surface area contributed by atoms with Crippen LogP contribution >= 0.6 is 0 Å². The molecule has 0 saturated carbocycles. The second-order valence-electron chi connectivity index (χ2n) is 6.92. The first-order valence-corrected chi connectivity index (χ1v) is 8.59. The molecule has 1 saturated heterocycles. The molecule has 0 atom stereocenters. The van der Waals surface area contributed by atoms with Gasteiger partial charge in [-0.25, -0.2) is 0 Å². The molecule has 4 rings (SSSR count). The number of nitrogens with zero attached hydrogens (tertiary/aromatic N) is 2. The molecule has 1 aliphatic carbocycles. The van der Waals surface area contributed by atoms with Crippen molar-refractivity contribution in [2.75, 3.05) is 20.2 Å². The molecule has 2 aliphatic rings. The summed E-state index contributed by atoms with van der Waals surface area (Å²) >= 11 is 0. The highest BCUT2D eigenvalue weighted by Gasteiger charge is 2.42. The Morgan fingerprint density at radius 1 is 1.09 bits per heavy atom. The molecule has 0 bridgehead atoms. The number of ether oxygens (including phenoxy) is 1. The number of methoxy groups -OCH3 is 1. The van der Waals surface area contributed by atoms with Crippen molar-refractivity contribution in [2.45, 2.75) is 37.6 Å². The predicted molar refractivity (Wildman–Crippen MR) is 91.7 cm³/mol. The molecule has 23 heavy (non-hydrogen) atoms. The van der Waals surface area contributed by atoms with Crippen LogP contribution in [0.3, 0.4) is 0 Å². The topological polar surface area (TPSA) is 25.4 Å². The lowest BCUT2D eigenvalue weighted by molar-refractivity contribution is 0.150. The van der Waals surface area contributed by atoms with E-state index in [0.29, 0.717) is 5.41 Å². The van der Waals surface area contributed by atoms with E-state index in [2.05, 4.69) is 41.3 Å². The normalized spacial score (nSPS) is 19.7. The summed E-state index contributed by atoms with van der Waals surface area (Å²) in [5, 5.41) is 0. The lowest BCUT2D eigenvalue weighted by atomic mass is 9.76. The fourth-order valence-corrected chi connectivity index (χ4v) is 4.23. The monoisotopic (exact) mass is 308 g/mol. The Hall–Kier alpha value is -1.87. The number of hydrogen-bond acceptors (Lipinski definition) is 3. The summed E-state index contributed by atoms with van der Waals surface area (Å²) in [6, 6.07) is 12.8. The first-order chi connectivity index (χ1) is 11.3. The molecule has 0 amide bonds. The van der Waals surface area contributed by atoms with Gasteiger partial charge in [-0.3, -0.25) is 9.88 Å². The number of aryl methyl sites for hydroxylation is 1. The minimum Gasteiger partial charge on any atom is -0.497 e. The van der Waals surface area contributed by atoms with Gasteiger partial charge < -0.3 is 4.74 Å². The Kier molecular flexibility index (Phi) is 3.82. The van der Waals surface area contributed by atoms with Crippen molar-refractivity contribution in [3.63, 3.8) is 0 Å². The van der Waals surface area contributed by atoms with Crippen molar-refractivity contribution in [1.82, 2.24) is 9.88 Å². The Bertz CT molecular complexity index is 672. The molecule has 0 unspecified atom stereocenters. The number of fused-ring (bicyclic) bond motifs is 2. The first kappa shape index (κ1) is 14.7. The summed E-state index contributed by atoms with van der Waals surface area (Å²) in [5.74, 6) is 0.931. The lowest BCUT2D eigenvalue weighted by Crippen LogP contribution is -2.41. The van der Waals surface area contributed by atoms with Gasteiger partial charge >= 0.3 is 0 Å². The molecule has 120 valence electrons. The molecule has 3 nitrogen and oxygen atoms in total. The van der Waals surface area contributed by atoms with Gasteiger partial charge in [-0.1, -0.05) is 18.2 Å². The average Bonchev–Trinajstić information content (AvgIpc) is 2.97. The fraction of sp³-hybridized carbons (Fsp3) is 0.450. The zero-order chi connectivity index (χ0) is 15.7. The van der Waals surface area contributed by atoms with E-state index in [1.165, 1.54) is 55.6 Å². The Balaban J connectivity index is 1.41. The maximum Gasteiger partial charge on any atom is 0.118 e. The largest absolute Gasteiger partial charge is 0.497 e. The van der Waals surface area contributed by atoms with Gasteiger partial charge in [-0.15, -0.1) is 0 Å². The molecule has 1 aliphatic heterocycles. The van der Waals surface area contributed by atoms with E-state index in [4.69, 9.17) is 9.72 Å². The summed E-state index contributed by atoms with van der Waals surface area (Å²) < 4.78 is 5.24. The van der Waals surface area contributed by atoms with Crippen LogP contribution in [0.15, 0.2) is 42.6 Å². The molecule has 0 radical (unpaired) electrons. The first-order valence-electron chi connectivity index (χ1n) is 8.59. The highest BCUT2D eigenvalue weighted by Crippen LogP contribution is 2.45. The maximum atomic E-state index is 5.24.